The number of carbonyl (C=O) groups is 1. The molecule has 0 aliphatic carbocycles. The molecule has 6 rings (SSSR count). The summed E-state index contributed by atoms with van der Waals surface area (Å²) >= 11 is 1.50. The third-order valence-corrected chi connectivity index (χ3v) is 7.47. The summed E-state index contributed by atoms with van der Waals surface area (Å²) in [5.41, 5.74) is 2.49. The van der Waals surface area contributed by atoms with Gasteiger partial charge in [-0.25, -0.2) is 4.98 Å². The molecule has 1 amide bonds. The molecule has 0 spiro atoms. The van der Waals surface area contributed by atoms with E-state index in [0.29, 0.717) is 28.9 Å². The van der Waals surface area contributed by atoms with Gasteiger partial charge < -0.3 is 14.2 Å². The van der Waals surface area contributed by atoms with Crippen molar-refractivity contribution in [3.05, 3.63) is 77.9 Å². The number of thiazole rings is 1. The maximum absolute atomic E-state index is 14.4. The lowest BCUT2D eigenvalue weighted by atomic mass is 9.87. The molecule has 0 bridgehead atoms. The number of amides is 1. The van der Waals surface area contributed by atoms with Crippen molar-refractivity contribution in [2.45, 2.75) is 24.9 Å². The van der Waals surface area contributed by atoms with Crippen LogP contribution in [0.1, 0.15) is 29.9 Å². The van der Waals surface area contributed by atoms with Crippen LogP contribution in [-0.4, -0.2) is 37.3 Å². The standard InChI is InChI=1S/C27H24N2O4S/c1-31-22-13-6-14-23-25(22)28-27(34-23)29(16-17-8-7-15-32-17)26(30)24-18-9-2-4-11-20(18)33-21-12-5-3-10-19(21)24/h2-6,9-14,17,24H,7-8,15-16H2,1H3/t17-/m0/s1. The topological polar surface area (TPSA) is 60.9 Å². The highest BCUT2D eigenvalue weighted by Crippen LogP contribution is 2.46. The lowest BCUT2D eigenvalue weighted by Gasteiger charge is -2.32. The summed E-state index contributed by atoms with van der Waals surface area (Å²) in [5, 5.41) is 0.654. The van der Waals surface area contributed by atoms with Gasteiger partial charge in [0.15, 0.2) is 5.13 Å². The first-order chi connectivity index (χ1) is 16.7. The van der Waals surface area contributed by atoms with Crippen molar-refractivity contribution in [1.82, 2.24) is 4.98 Å². The number of nitrogens with zero attached hydrogens (tertiary/aromatic N) is 2. The summed E-state index contributed by atoms with van der Waals surface area (Å²) in [7, 11) is 1.64. The molecule has 0 radical (unpaired) electrons. The Kier molecular flexibility index (Phi) is 5.43. The van der Waals surface area contributed by atoms with Crippen molar-refractivity contribution < 1.29 is 19.0 Å². The second kappa shape index (κ2) is 8.74. The van der Waals surface area contributed by atoms with Gasteiger partial charge in [-0.05, 0) is 37.1 Å². The number of hydrogen-bond acceptors (Lipinski definition) is 6. The fourth-order valence-corrected chi connectivity index (χ4v) is 5.78. The number of carbonyl (C=O) groups excluding carboxylic acids is 1. The molecule has 1 atom stereocenters. The van der Waals surface area contributed by atoms with E-state index in [1.54, 1.807) is 7.11 Å². The minimum absolute atomic E-state index is 0.0109. The number of methoxy groups -OCH3 is 1. The number of ether oxygens (including phenoxy) is 3. The Morgan fingerprint density at radius 2 is 1.79 bits per heavy atom. The molecular weight excluding hydrogens is 448 g/mol. The Morgan fingerprint density at radius 3 is 2.47 bits per heavy atom. The molecule has 1 aromatic heterocycles. The molecule has 6 nitrogen and oxygen atoms in total. The van der Waals surface area contributed by atoms with Gasteiger partial charge in [0.05, 0.1) is 30.4 Å². The number of fused-ring (bicyclic) bond motifs is 3. The zero-order valence-electron chi connectivity index (χ0n) is 18.8. The summed E-state index contributed by atoms with van der Waals surface area (Å²) in [5.74, 6) is 1.60. The Hall–Kier alpha value is -3.42. The molecule has 0 N–H and O–H groups in total. The minimum atomic E-state index is -0.489. The predicted octanol–water partition coefficient (Wildman–Crippen LogP) is 5.75. The second-order valence-electron chi connectivity index (χ2n) is 8.50. The first-order valence-electron chi connectivity index (χ1n) is 11.4. The molecule has 4 aromatic rings. The summed E-state index contributed by atoms with van der Waals surface area (Å²) in [6, 6.07) is 21.4. The first-order valence-corrected chi connectivity index (χ1v) is 12.3. The van der Waals surface area contributed by atoms with E-state index in [4.69, 9.17) is 19.2 Å². The zero-order chi connectivity index (χ0) is 23.1. The van der Waals surface area contributed by atoms with E-state index in [-0.39, 0.29) is 12.0 Å². The lowest BCUT2D eigenvalue weighted by Crippen LogP contribution is -2.41. The number of hydrogen-bond donors (Lipinski definition) is 0. The van der Waals surface area contributed by atoms with Gasteiger partial charge in [0.1, 0.15) is 22.8 Å². The van der Waals surface area contributed by atoms with Crippen molar-refractivity contribution in [3.8, 4) is 17.2 Å². The monoisotopic (exact) mass is 472 g/mol. The van der Waals surface area contributed by atoms with Gasteiger partial charge in [-0.1, -0.05) is 53.8 Å². The first kappa shape index (κ1) is 21.1. The summed E-state index contributed by atoms with van der Waals surface area (Å²) < 4.78 is 18.6. The van der Waals surface area contributed by atoms with Gasteiger partial charge in [-0.15, -0.1) is 0 Å². The molecule has 1 saturated heterocycles. The second-order valence-corrected chi connectivity index (χ2v) is 9.51. The number of anilines is 1. The van der Waals surface area contributed by atoms with Crippen LogP contribution in [0.3, 0.4) is 0 Å². The van der Waals surface area contributed by atoms with Gasteiger partial charge in [0, 0.05) is 17.7 Å². The number of aromatic nitrogens is 1. The van der Waals surface area contributed by atoms with E-state index in [2.05, 4.69) is 0 Å². The number of benzene rings is 3. The van der Waals surface area contributed by atoms with Crippen molar-refractivity contribution >= 4 is 32.6 Å². The van der Waals surface area contributed by atoms with Crippen molar-refractivity contribution in [2.75, 3.05) is 25.2 Å². The van der Waals surface area contributed by atoms with Crippen molar-refractivity contribution in [1.29, 1.82) is 0 Å². The van der Waals surface area contributed by atoms with Crippen LogP contribution >= 0.6 is 11.3 Å². The van der Waals surface area contributed by atoms with Crippen LogP contribution in [0.5, 0.6) is 17.2 Å². The third-order valence-electron chi connectivity index (χ3n) is 6.42. The molecule has 172 valence electrons. The van der Waals surface area contributed by atoms with Crippen LogP contribution < -0.4 is 14.4 Å². The molecule has 0 saturated carbocycles. The van der Waals surface area contributed by atoms with Crippen LogP contribution in [0.15, 0.2) is 66.7 Å². The van der Waals surface area contributed by atoms with E-state index >= 15 is 0 Å². The van der Waals surface area contributed by atoms with Crippen LogP contribution in [0.4, 0.5) is 5.13 Å². The van der Waals surface area contributed by atoms with Crippen molar-refractivity contribution in [3.63, 3.8) is 0 Å². The Bertz CT molecular complexity index is 1320. The molecule has 7 heteroatoms. The van der Waals surface area contributed by atoms with E-state index in [1.807, 2.05) is 71.6 Å². The number of para-hydroxylation sites is 3. The third kappa shape index (κ3) is 3.61. The summed E-state index contributed by atoms with van der Waals surface area (Å²) in [4.78, 5) is 21.1. The minimum Gasteiger partial charge on any atom is -0.494 e. The average molecular weight is 473 g/mol. The Morgan fingerprint density at radius 1 is 1.06 bits per heavy atom. The Labute approximate surface area is 201 Å². The fourth-order valence-electron chi connectivity index (χ4n) is 4.78. The normalized spacial score (nSPS) is 17.1. The lowest BCUT2D eigenvalue weighted by molar-refractivity contribution is -0.119. The van der Waals surface area contributed by atoms with Crippen LogP contribution in [0.25, 0.3) is 10.2 Å². The average Bonchev–Trinajstić information content (AvgIpc) is 3.55. The smallest absolute Gasteiger partial charge is 0.241 e. The molecule has 1 fully saturated rings. The Balaban J connectivity index is 1.47. The quantitative estimate of drug-likeness (QED) is 0.370. The molecule has 2 aliphatic heterocycles. The molecule has 3 aromatic carbocycles. The SMILES string of the molecule is COc1cccc2sc(N(C[C@@H]3CCCO3)C(=O)C3c4ccccc4Oc4ccccc43)nc12. The maximum atomic E-state index is 14.4. The predicted molar refractivity (Wildman–Crippen MR) is 132 cm³/mol. The highest BCUT2D eigenvalue weighted by Gasteiger charge is 2.38. The van der Waals surface area contributed by atoms with Gasteiger partial charge in [0.2, 0.25) is 5.91 Å². The molecule has 2 aliphatic rings. The zero-order valence-corrected chi connectivity index (χ0v) is 19.6. The van der Waals surface area contributed by atoms with Crippen LogP contribution in [0, 0.1) is 0 Å². The van der Waals surface area contributed by atoms with Crippen molar-refractivity contribution in [2.24, 2.45) is 0 Å². The number of rotatable bonds is 5. The van der Waals surface area contributed by atoms with E-state index in [0.717, 1.165) is 40.8 Å². The molecule has 34 heavy (non-hydrogen) atoms. The molecular formula is C27H24N2O4S. The summed E-state index contributed by atoms with van der Waals surface area (Å²) in [6.45, 7) is 1.19. The molecule has 3 heterocycles. The largest absolute Gasteiger partial charge is 0.494 e. The van der Waals surface area contributed by atoms with E-state index < -0.39 is 5.92 Å². The highest BCUT2D eigenvalue weighted by atomic mass is 32.1. The summed E-state index contributed by atoms with van der Waals surface area (Å²) in [6.07, 6.45) is 1.92. The van der Waals surface area contributed by atoms with Gasteiger partial charge >= 0.3 is 0 Å². The molecule has 0 unspecified atom stereocenters. The van der Waals surface area contributed by atoms with Gasteiger partial charge in [0.25, 0.3) is 0 Å². The van der Waals surface area contributed by atoms with Gasteiger partial charge in [-0.2, -0.15) is 0 Å². The van der Waals surface area contributed by atoms with Gasteiger partial charge in [-0.3, -0.25) is 9.69 Å². The maximum Gasteiger partial charge on any atom is 0.241 e. The fraction of sp³-hybridized carbons (Fsp3) is 0.259. The van der Waals surface area contributed by atoms with Crippen LogP contribution in [-0.2, 0) is 9.53 Å². The van der Waals surface area contributed by atoms with E-state index in [9.17, 15) is 4.79 Å². The van der Waals surface area contributed by atoms with E-state index in [1.165, 1.54) is 11.3 Å². The van der Waals surface area contributed by atoms with Crippen LogP contribution in [0.2, 0.25) is 0 Å². The highest BCUT2D eigenvalue weighted by molar-refractivity contribution is 7.22.